The molecule has 216 valence electrons. The molecule has 0 spiro atoms. The van der Waals surface area contributed by atoms with Gasteiger partial charge in [-0.05, 0) is 67.9 Å². The number of para-hydroxylation sites is 4. The summed E-state index contributed by atoms with van der Waals surface area (Å²) in [7, 11) is 0. The standard InChI is InChI=1S/C39H33N3O2/c1-28-35(38(43)41(31-20-10-4-11-21-31)32-22-12-5-13-23-32)37(30-18-8-3-9-19-30)36(29(2)40-28)39(44)42(33-24-14-6-15-25-33)34-26-16-7-17-27-34/h3-27,37,40H,1-2H3. The highest BCUT2D eigenvalue weighted by molar-refractivity contribution is 6.17. The molecular weight excluding hydrogens is 542 g/mol. The third kappa shape index (κ3) is 5.55. The molecule has 44 heavy (non-hydrogen) atoms. The highest BCUT2D eigenvalue weighted by atomic mass is 16.2. The van der Waals surface area contributed by atoms with Gasteiger partial charge in [-0.2, -0.15) is 0 Å². The van der Waals surface area contributed by atoms with E-state index in [9.17, 15) is 9.59 Å². The Bertz CT molecular complexity index is 1620. The fourth-order valence-electron chi connectivity index (χ4n) is 5.86. The summed E-state index contributed by atoms with van der Waals surface area (Å²) in [5.41, 5.74) is 6.27. The van der Waals surface area contributed by atoms with Crippen LogP contribution in [-0.2, 0) is 9.59 Å². The van der Waals surface area contributed by atoms with Crippen LogP contribution < -0.4 is 15.1 Å². The summed E-state index contributed by atoms with van der Waals surface area (Å²) in [4.78, 5) is 33.4. The highest BCUT2D eigenvalue weighted by Gasteiger charge is 2.40. The first kappa shape index (κ1) is 28.4. The van der Waals surface area contributed by atoms with Crippen LogP contribution in [0.5, 0.6) is 0 Å². The molecule has 0 saturated carbocycles. The van der Waals surface area contributed by atoms with E-state index in [1.54, 1.807) is 9.80 Å². The van der Waals surface area contributed by atoms with Crippen LogP contribution >= 0.6 is 0 Å². The van der Waals surface area contributed by atoms with E-state index >= 15 is 0 Å². The molecule has 1 N–H and O–H groups in total. The van der Waals surface area contributed by atoms with E-state index < -0.39 is 5.92 Å². The van der Waals surface area contributed by atoms with E-state index in [2.05, 4.69) is 5.32 Å². The molecule has 5 aromatic rings. The van der Waals surface area contributed by atoms with Crippen LogP contribution in [0.1, 0.15) is 25.3 Å². The molecule has 0 radical (unpaired) electrons. The molecule has 0 aromatic heterocycles. The number of hydrogen-bond donors (Lipinski definition) is 1. The number of rotatable bonds is 7. The Morgan fingerprint density at radius 2 is 0.727 bits per heavy atom. The van der Waals surface area contributed by atoms with Gasteiger partial charge in [-0.25, -0.2) is 0 Å². The van der Waals surface area contributed by atoms with Gasteiger partial charge in [-0.15, -0.1) is 0 Å². The second-order valence-electron chi connectivity index (χ2n) is 10.7. The lowest BCUT2D eigenvalue weighted by atomic mass is 9.79. The summed E-state index contributed by atoms with van der Waals surface area (Å²) in [6.07, 6.45) is 0. The van der Waals surface area contributed by atoms with Crippen LogP contribution in [0.3, 0.4) is 0 Å². The summed E-state index contributed by atoms with van der Waals surface area (Å²) >= 11 is 0. The molecule has 0 bridgehead atoms. The molecule has 0 unspecified atom stereocenters. The minimum atomic E-state index is -0.623. The molecule has 0 atom stereocenters. The number of carbonyl (C=O) groups excluding carboxylic acids is 2. The van der Waals surface area contributed by atoms with Gasteiger partial charge in [0.15, 0.2) is 0 Å². The lowest BCUT2D eigenvalue weighted by Gasteiger charge is -2.36. The van der Waals surface area contributed by atoms with Gasteiger partial charge >= 0.3 is 0 Å². The Kier molecular flexibility index (Phi) is 8.19. The SMILES string of the molecule is CC1=C(C(=O)N(c2ccccc2)c2ccccc2)C(c2ccccc2)C(C(=O)N(c2ccccc2)c2ccccc2)=C(C)N1. The number of dihydropyridines is 1. The summed E-state index contributed by atoms with van der Waals surface area (Å²) in [5, 5.41) is 3.42. The number of benzene rings is 5. The van der Waals surface area contributed by atoms with Gasteiger partial charge in [0.2, 0.25) is 0 Å². The van der Waals surface area contributed by atoms with Crippen molar-refractivity contribution in [3.8, 4) is 0 Å². The summed E-state index contributed by atoms with van der Waals surface area (Å²) < 4.78 is 0. The molecule has 1 aliphatic rings. The molecule has 5 nitrogen and oxygen atoms in total. The molecule has 1 aliphatic heterocycles. The Morgan fingerprint density at radius 1 is 0.455 bits per heavy atom. The van der Waals surface area contributed by atoms with Crippen molar-refractivity contribution in [2.45, 2.75) is 19.8 Å². The molecule has 2 amide bonds. The van der Waals surface area contributed by atoms with Crippen LogP contribution in [0.15, 0.2) is 174 Å². The molecule has 1 heterocycles. The normalized spacial score (nSPS) is 13.3. The van der Waals surface area contributed by atoms with E-state index in [-0.39, 0.29) is 11.8 Å². The number of allylic oxidation sites excluding steroid dienone is 2. The first-order valence-corrected chi connectivity index (χ1v) is 14.7. The lowest BCUT2D eigenvalue weighted by Crippen LogP contribution is -2.40. The molecule has 5 aromatic carbocycles. The maximum atomic E-state index is 15.0. The van der Waals surface area contributed by atoms with Crippen molar-refractivity contribution in [3.63, 3.8) is 0 Å². The topological polar surface area (TPSA) is 52.7 Å². The maximum Gasteiger partial charge on any atom is 0.261 e. The number of anilines is 4. The van der Waals surface area contributed by atoms with Gasteiger partial charge < -0.3 is 5.32 Å². The largest absolute Gasteiger partial charge is 0.362 e. The van der Waals surface area contributed by atoms with Gasteiger partial charge in [0, 0.05) is 51.2 Å². The van der Waals surface area contributed by atoms with E-state index in [0.29, 0.717) is 22.5 Å². The smallest absolute Gasteiger partial charge is 0.261 e. The maximum absolute atomic E-state index is 15.0. The van der Waals surface area contributed by atoms with Crippen LogP contribution in [0.25, 0.3) is 0 Å². The van der Waals surface area contributed by atoms with Gasteiger partial charge in [0.05, 0.1) is 0 Å². The van der Waals surface area contributed by atoms with E-state index in [1.165, 1.54) is 0 Å². The Balaban J connectivity index is 1.53. The van der Waals surface area contributed by atoms with Crippen molar-refractivity contribution in [1.82, 2.24) is 5.32 Å². The molecule has 5 heteroatoms. The lowest BCUT2D eigenvalue weighted by molar-refractivity contribution is -0.115. The molecule has 6 rings (SSSR count). The minimum Gasteiger partial charge on any atom is -0.362 e. The average Bonchev–Trinajstić information content (AvgIpc) is 3.07. The third-order valence-corrected chi connectivity index (χ3v) is 7.82. The number of carbonyl (C=O) groups is 2. The van der Waals surface area contributed by atoms with Gasteiger partial charge in [0.1, 0.15) is 0 Å². The first-order chi connectivity index (χ1) is 21.5. The Morgan fingerprint density at radius 3 is 1.02 bits per heavy atom. The van der Waals surface area contributed by atoms with Crippen molar-refractivity contribution >= 4 is 34.6 Å². The average molecular weight is 576 g/mol. The fraction of sp³-hybridized carbons (Fsp3) is 0.0769. The van der Waals surface area contributed by atoms with E-state index in [1.807, 2.05) is 166 Å². The molecule has 0 saturated heterocycles. The fourth-order valence-corrected chi connectivity index (χ4v) is 5.86. The Hall–Kier alpha value is -5.68. The Labute approximate surface area is 258 Å². The summed E-state index contributed by atoms with van der Waals surface area (Å²) in [5.74, 6) is -1.03. The number of amides is 2. The zero-order valence-corrected chi connectivity index (χ0v) is 24.7. The number of hydrogen-bond acceptors (Lipinski definition) is 3. The van der Waals surface area contributed by atoms with Crippen molar-refractivity contribution in [3.05, 3.63) is 180 Å². The number of nitrogens with one attached hydrogen (secondary N) is 1. The second-order valence-corrected chi connectivity index (χ2v) is 10.7. The predicted octanol–water partition coefficient (Wildman–Crippen LogP) is 8.65. The quantitative estimate of drug-likeness (QED) is 0.211. The predicted molar refractivity (Wildman–Crippen MR) is 178 cm³/mol. The van der Waals surface area contributed by atoms with Crippen molar-refractivity contribution in [2.24, 2.45) is 0 Å². The zero-order chi connectivity index (χ0) is 30.5. The van der Waals surface area contributed by atoms with Gasteiger partial charge in [-0.3, -0.25) is 19.4 Å². The van der Waals surface area contributed by atoms with Crippen molar-refractivity contribution in [2.75, 3.05) is 9.80 Å². The molecule has 0 aliphatic carbocycles. The molecule has 0 fully saturated rings. The second kappa shape index (κ2) is 12.7. The number of nitrogens with zero attached hydrogens (tertiary/aromatic N) is 2. The molecular formula is C39H33N3O2. The van der Waals surface area contributed by atoms with Gasteiger partial charge in [0.25, 0.3) is 11.8 Å². The van der Waals surface area contributed by atoms with E-state index in [4.69, 9.17) is 0 Å². The zero-order valence-electron chi connectivity index (χ0n) is 24.7. The van der Waals surface area contributed by atoms with Crippen LogP contribution in [0.4, 0.5) is 22.7 Å². The monoisotopic (exact) mass is 575 g/mol. The summed E-state index contributed by atoms with van der Waals surface area (Å²) in [6.45, 7) is 3.82. The highest BCUT2D eigenvalue weighted by Crippen LogP contribution is 2.43. The van der Waals surface area contributed by atoms with Crippen molar-refractivity contribution < 1.29 is 9.59 Å². The third-order valence-electron chi connectivity index (χ3n) is 7.82. The first-order valence-electron chi connectivity index (χ1n) is 14.7. The van der Waals surface area contributed by atoms with Crippen LogP contribution in [-0.4, -0.2) is 11.8 Å². The van der Waals surface area contributed by atoms with Crippen molar-refractivity contribution in [1.29, 1.82) is 0 Å². The van der Waals surface area contributed by atoms with Gasteiger partial charge in [-0.1, -0.05) is 103 Å². The minimum absolute atomic E-state index is 0.204. The van der Waals surface area contributed by atoms with E-state index in [0.717, 1.165) is 28.3 Å². The van der Waals surface area contributed by atoms with Crippen LogP contribution in [0.2, 0.25) is 0 Å². The van der Waals surface area contributed by atoms with Crippen LogP contribution in [0, 0.1) is 0 Å². The summed E-state index contributed by atoms with van der Waals surface area (Å²) in [6, 6.07) is 48.3.